The van der Waals surface area contributed by atoms with Crippen LogP contribution in [0.5, 0.6) is 0 Å². The van der Waals surface area contributed by atoms with Gasteiger partial charge in [0, 0.05) is 14.1 Å². The van der Waals surface area contributed by atoms with Crippen molar-refractivity contribution in [3.8, 4) is 5.82 Å². The number of carbonyl (C=O) groups excluding carboxylic acids is 2. The van der Waals surface area contributed by atoms with Gasteiger partial charge in [-0.3, -0.25) is 4.79 Å². The number of rotatable bonds is 7. The molecule has 2 amide bonds. The van der Waals surface area contributed by atoms with Gasteiger partial charge in [-0.1, -0.05) is 0 Å². The van der Waals surface area contributed by atoms with E-state index >= 15 is 0 Å². The van der Waals surface area contributed by atoms with Gasteiger partial charge < -0.3 is 4.90 Å². The van der Waals surface area contributed by atoms with Crippen LogP contribution in [-0.4, -0.2) is 75.8 Å². The number of alkyl halides is 2. The summed E-state index contributed by atoms with van der Waals surface area (Å²) in [6.45, 7) is 0. The molecule has 1 aliphatic rings. The van der Waals surface area contributed by atoms with E-state index in [1.807, 2.05) is 0 Å². The van der Waals surface area contributed by atoms with E-state index in [0.717, 1.165) is 8.86 Å². The van der Waals surface area contributed by atoms with Crippen LogP contribution in [0.1, 0.15) is 21.0 Å². The molecule has 0 radical (unpaired) electrons. The Morgan fingerprint density at radius 1 is 1.08 bits per heavy atom. The summed E-state index contributed by atoms with van der Waals surface area (Å²) in [6.07, 6.45) is 5.75. The summed E-state index contributed by atoms with van der Waals surface area (Å²) in [5, 5.41) is 10.6. The molecular formula is C22H23IN10O3. The number of hydrogen-bond donors (Lipinski definition) is 3. The Morgan fingerprint density at radius 2 is 1.89 bits per heavy atom. The first-order chi connectivity index (χ1) is 17.4. The standard InChI is InChI=1S/C22H23IN10O3/c1-24-14-9-17(30-33-16(11-27-19(14)33)20(34)29-23-6-7-23)28-13-5-4-8-32(22(13)36)18-12-25-15(10-26-18)21(35)31(2)3/h4-5,8-12,24H,6-7H2,1-3H3,(H,28,30)(H,29,34). The molecule has 3 N–H and O–H groups in total. The summed E-state index contributed by atoms with van der Waals surface area (Å²) in [4.78, 5) is 52.1. The topological polar surface area (TPSA) is 151 Å². The van der Waals surface area contributed by atoms with E-state index in [0.29, 0.717) is 22.8 Å². The predicted octanol–water partition coefficient (Wildman–Crippen LogP) is 1.32. The van der Waals surface area contributed by atoms with Crippen LogP contribution in [0.3, 0.4) is 0 Å². The number of carbonyl (C=O) groups is 2. The molecule has 186 valence electrons. The summed E-state index contributed by atoms with van der Waals surface area (Å²) in [6, 6.07) is 5.00. The zero-order chi connectivity index (χ0) is 25.4. The number of hydrogen-bond acceptors (Lipinski definition) is 9. The average Bonchev–Trinajstić information content (AvgIpc) is 3.59. The second kappa shape index (κ2) is 9.52. The van der Waals surface area contributed by atoms with E-state index < -0.39 is 25.7 Å². The fourth-order valence-corrected chi connectivity index (χ4v) is 6.44. The van der Waals surface area contributed by atoms with Crippen LogP contribution in [0.25, 0.3) is 11.5 Å². The van der Waals surface area contributed by atoms with Gasteiger partial charge in [-0.05, 0) is 0 Å². The molecule has 5 rings (SSSR count). The number of pyridine rings is 1. The van der Waals surface area contributed by atoms with Gasteiger partial charge in [0.1, 0.15) is 5.69 Å². The Balaban J connectivity index is 1.47. The molecule has 0 spiro atoms. The molecular weight excluding hydrogens is 579 g/mol. The van der Waals surface area contributed by atoms with Crippen molar-refractivity contribution in [2.75, 3.05) is 40.6 Å². The summed E-state index contributed by atoms with van der Waals surface area (Å²) in [5.41, 5.74) is 1.49. The number of anilines is 3. The zero-order valence-corrected chi connectivity index (χ0v) is 21.8. The van der Waals surface area contributed by atoms with E-state index in [1.54, 1.807) is 45.5 Å². The normalized spacial score (nSPS) is 13.4. The quantitative estimate of drug-likeness (QED) is 0.162. The molecule has 0 saturated carbocycles. The molecule has 1 fully saturated rings. The Bertz CT molecular complexity index is 1530. The first-order valence-corrected chi connectivity index (χ1v) is 15.0. The van der Waals surface area contributed by atoms with Gasteiger partial charge >= 0.3 is 167 Å². The molecule has 14 heteroatoms. The van der Waals surface area contributed by atoms with E-state index in [-0.39, 0.29) is 29.0 Å². The average molecular weight is 602 g/mol. The molecule has 5 heterocycles. The molecule has 0 atom stereocenters. The van der Waals surface area contributed by atoms with Gasteiger partial charge in [-0.15, -0.1) is 0 Å². The van der Waals surface area contributed by atoms with Crippen LogP contribution in [0.2, 0.25) is 0 Å². The van der Waals surface area contributed by atoms with Crippen LogP contribution in [-0.2, 0) is 0 Å². The fraction of sp³-hybridized carbons (Fsp3) is 0.227. The molecule has 0 bridgehead atoms. The number of halogens is 1. The minimum atomic E-state index is -1.29. The number of imidazole rings is 1. The summed E-state index contributed by atoms with van der Waals surface area (Å²) in [7, 11) is 4.98. The van der Waals surface area contributed by atoms with Gasteiger partial charge in [0.05, 0.1) is 6.20 Å². The molecule has 13 nitrogen and oxygen atoms in total. The van der Waals surface area contributed by atoms with Gasteiger partial charge in [0.15, 0.2) is 0 Å². The Hall–Kier alpha value is -4.08. The SMILES string of the molecule is CNc1cc(Nc2cccn(-c3cnc(C(=O)N(C)C)cn3)c2=O)nn2c(C(=O)NI3CC3)cnc12. The monoisotopic (exact) mass is 602 g/mol. The van der Waals surface area contributed by atoms with E-state index in [1.165, 1.54) is 32.6 Å². The minimum absolute atomic E-state index is 0.174. The van der Waals surface area contributed by atoms with Gasteiger partial charge in [0.25, 0.3) is 5.91 Å². The first kappa shape index (κ1) is 23.7. The molecule has 1 aliphatic heterocycles. The van der Waals surface area contributed by atoms with Crippen molar-refractivity contribution >= 4 is 54.7 Å². The third-order valence-corrected chi connectivity index (χ3v) is 8.70. The van der Waals surface area contributed by atoms with Crippen LogP contribution >= 0.6 is 20.1 Å². The van der Waals surface area contributed by atoms with E-state index in [9.17, 15) is 14.4 Å². The van der Waals surface area contributed by atoms with Crippen molar-refractivity contribution in [2.24, 2.45) is 0 Å². The molecule has 0 aliphatic carbocycles. The van der Waals surface area contributed by atoms with Crippen LogP contribution in [0, 0.1) is 0 Å². The number of nitrogens with one attached hydrogen (secondary N) is 3. The van der Waals surface area contributed by atoms with Crippen molar-refractivity contribution in [1.29, 1.82) is 0 Å². The molecule has 4 aromatic heterocycles. The molecule has 1 saturated heterocycles. The molecule has 0 unspecified atom stereocenters. The third-order valence-electron chi connectivity index (χ3n) is 5.29. The fourth-order valence-electron chi connectivity index (χ4n) is 3.36. The second-order valence-corrected chi connectivity index (χ2v) is 13.3. The van der Waals surface area contributed by atoms with Crippen LogP contribution in [0.4, 0.5) is 17.2 Å². The Kier molecular flexibility index (Phi) is 6.26. The third kappa shape index (κ3) is 4.58. The molecule has 0 aromatic carbocycles. The molecule has 36 heavy (non-hydrogen) atoms. The second-order valence-electron chi connectivity index (χ2n) is 8.01. The van der Waals surface area contributed by atoms with Crippen LogP contribution < -0.4 is 19.7 Å². The number of amides is 2. The summed E-state index contributed by atoms with van der Waals surface area (Å²) in [5.74, 6) is 0.133. The predicted molar refractivity (Wildman–Crippen MR) is 143 cm³/mol. The summed E-state index contributed by atoms with van der Waals surface area (Å²) < 4.78 is 8.11. The number of aromatic nitrogens is 6. The zero-order valence-electron chi connectivity index (χ0n) is 19.7. The maximum absolute atomic E-state index is 13.2. The van der Waals surface area contributed by atoms with Gasteiger partial charge in [-0.2, -0.15) is 0 Å². The van der Waals surface area contributed by atoms with Crippen molar-refractivity contribution in [2.45, 2.75) is 0 Å². The van der Waals surface area contributed by atoms with Crippen LogP contribution in [0.15, 0.2) is 47.8 Å². The van der Waals surface area contributed by atoms with Gasteiger partial charge in [-0.25, -0.2) is 4.98 Å². The molecule has 4 aromatic rings. The number of nitrogens with zero attached hydrogens (tertiary/aromatic N) is 7. The Labute approximate surface area is 212 Å². The van der Waals surface area contributed by atoms with Crippen molar-refractivity contribution in [3.05, 3.63) is 64.7 Å². The van der Waals surface area contributed by atoms with Crippen molar-refractivity contribution in [1.82, 2.24) is 37.6 Å². The van der Waals surface area contributed by atoms with Crippen molar-refractivity contribution < 1.29 is 9.59 Å². The van der Waals surface area contributed by atoms with E-state index in [2.05, 4.69) is 34.2 Å². The maximum atomic E-state index is 13.2. The van der Waals surface area contributed by atoms with Gasteiger partial charge in [0.2, 0.25) is 0 Å². The van der Waals surface area contributed by atoms with E-state index in [4.69, 9.17) is 0 Å². The number of fused-ring (bicyclic) bond motifs is 1. The van der Waals surface area contributed by atoms with Crippen molar-refractivity contribution in [3.63, 3.8) is 0 Å². The summed E-state index contributed by atoms with van der Waals surface area (Å²) >= 11 is -1.29. The Morgan fingerprint density at radius 3 is 2.56 bits per heavy atom. The first-order valence-electron chi connectivity index (χ1n) is 10.9.